The predicted molar refractivity (Wildman–Crippen MR) is 142 cm³/mol. The molecule has 6 atom stereocenters. The van der Waals surface area contributed by atoms with Gasteiger partial charge in [-0.2, -0.15) is 0 Å². The van der Waals surface area contributed by atoms with E-state index in [9.17, 15) is 4.79 Å². The van der Waals surface area contributed by atoms with Crippen LogP contribution in [0.5, 0.6) is 0 Å². The molecule has 0 aromatic heterocycles. The average molecular weight is 465 g/mol. The van der Waals surface area contributed by atoms with E-state index in [0.717, 1.165) is 31.7 Å². The van der Waals surface area contributed by atoms with E-state index in [0.29, 0.717) is 29.7 Å². The molecule has 5 rings (SSSR count). The zero-order valence-electron chi connectivity index (χ0n) is 22.0. The fourth-order valence-corrected chi connectivity index (χ4v) is 7.07. The molecule has 1 heterocycles. The van der Waals surface area contributed by atoms with E-state index in [1.54, 1.807) is 0 Å². The van der Waals surface area contributed by atoms with E-state index in [-0.39, 0.29) is 24.4 Å². The third kappa shape index (κ3) is 5.16. The number of carbonyl (C=O) groups excluding carboxylic acids is 1. The summed E-state index contributed by atoms with van der Waals surface area (Å²) in [6.07, 6.45) is 9.16. The van der Waals surface area contributed by atoms with Gasteiger partial charge in [-0.15, -0.1) is 6.58 Å². The highest BCUT2D eigenvalue weighted by atomic mass is 16.5. The van der Waals surface area contributed by atoms with E-state index in [4.69, 9.17) is 4.65 Å². The molecule has 2 bridgehead atoms. The van der Waals surface area contributed by atoms with Crippen LogP contribution in [0.3, 0.4) is 0 Å². The molecule has 34 heavy (non-hydrogen) atoms. The third-order valence-electron chi connectivity index (χ3n) is 9.53. The molecule has 5 unspecified atom stereocenters. The predicted octanol–water partition coefficient (Wildman–Crippen LogP) is 5.36. The van der Waals surface area contributed by atoms with Gasteiger partial charge in [0.1, 0.15) is 0 Å². The Morgan fingerprint density at radius 3 is 2.65 bits per heavy atom. The van der Waals surface area contributed by atoms with Gasteiger partial charge < -0.3 is 15.3 Å². The second-order valence-electron chi connectivity index (χ2n) is 12.1. The van der Waals surface area contributed by atoms with Gasteiger partial charge in [-0.05, 0) is 81.7 Å². The number of benzene rings is 1. The minimum Gasteiger partial charge on any atom is -0.428 e. The largest absolute Gasteiger partial charge is 0.428 e. The van der Waals surface area contributed by atoms with Gasteiger partial charge in [0.2, 0.25) is 5.91 Å². The number of hydrogen-bond acceptors (Lipinski definition) is 3. The molecule has 1 aromatic rings. The van der Waals surface area contributed by atoms with Crippen LogP contribution in [0, 0.1) is 30.1 Å². The lowest BCUT2D eigenvalue weighted by Gasteiger charge is -2.67. The van der Waals surface area contributed by atoms with Gasteiger partial charge in [-0.25, -0.2) is 0 Å². The number of rotatable bonds is 10. The Morgan fingerprint density at radius 1 is 1.29 bits per heavy atom. The second-order valence-corrected chi connectivity index (χ2v) is 12.1. The number of aryl methyl sites for hydroxylation is 1. The monoisotopic (exact) mass is 464 g/mol. The number of amides is 1. The van der Waals surface area contributed by atoms with Crippen LogP contribution in [-0.4, -0.2) is 37.0 Å². The fraction of sp³-hybridized carbons (Fsp3) is 0.690. The van der Waals surface area contributed by atoms with Crippen molar-refractivity contribution in [2.24, 2.45) is 23.2 Å². The maximum Gasteiger partial charge on any atom is 0.313 e. The first kappa shape index (κ1) is 25.5. The first-order valence-corrected chi connectivity index (χ1v) is 13.5. The van der Waals surface area contributed by atoms with E-state index in [2.05, 4.69) is 82.1 Å². The van der Waals surface area contributed by atoms with Crippen molar-refractivity contribution in [1.82, 2.24) is 10.6 Å². The molecular weight excluding hydrogens is 419 g/mol. The van der Waals surface area contributed by atoms with Crippen LogP contribution in [-0.2, 0) is 15.9 Å². The van der Waals surface area contributed by atoms with Crippen molar-refractivity contribution in [3.63, 3.8) is 0 Å². The fourth-order valence-electron chi connectivity index (χ4n) is 7.07. The van der Waals surface area contributed by atoms with Crippen LogP contribution in [0.2, 0.25) is 6.82 Å². The lowest BCUT2D eigenvalue weighted by Crippen LogP contribution is -2.67. The normalized spacial score (nSPS) is 32.5. The summed E-state index contributed by atoms with van der Waals surface area (Å²) in [5.41, 5.74) is 2.55. The van der Waals surface area contributed by atoms with Crippen LogP contribution in [0.25, 0.3) is 0 Å². The molecule has 2 N–H and O–H groups in total. The van der Waals surface area contributed by atoms with Gasteiger partial charge in [-0.1, -0.05) is 56.6 Å². The van der Waals surface area contributed by atoms with Gasteiger partial charge in [-0.3, -0.25) is 4.79 Å². The summed E-state index contributed by atoms with van der Waals surface area (Å²) in [5, 5.41) is 6.88. The Balaban J connectivity index is 1.47. The van der Waals surface area contributed by atoms with Crippen molar-refractivity contribution in [2.45, 2.75) is 97.0 Å². The Hall–Kier alpha value is -1.59. The van der Waals surface area contributed by atoms with Crippen molar-refractivity contribution < 1.29 is 9.45 Å². The van der Waals surface area contributed by atoms with Gasteiger partial charge in [0, 0.05) is 24.3 Å². The molecule has 186 valence electrons. The molecule has 4 nitrogen and oxygen atoms in total. The number of nitrogens with one attached hydrogen (secondary N) is 2. The zero-order chi connectivity index (χ0) is 24.5. The molecule has 4 fully saturated rings. The average Bonchev–Trinajstić information content (AvgIpc) is 3.32. The van der Waals surface area contributed by atoms with Gasteiger partial charge in [0.05, 0.1) is 5.60 Å². The Labute approximate surface area is 207 Å². The smallest absolute Gasteiger partial charge is 0.313 e. The highest BCUT2D eigenvalue weighted by Gasteiger charge is 2.63. The summed E-state index contributed by atoms with van der Waals surface area (Å²) in [6, 6.07) is 9.14. The number of carbonyl (C=O) groups is 1. The zero-order valence-corrected chi connectivity index (χ0v) is 22.0. The first-order valence-electron chi connectivity index (χ1n) is 13.5. The van der Waals surface area contributed by atoms with Crippen molar-refractivity contribution in [3.8, 4) is 0 Å². The first-order chi connectivity index (χ1) is 16.1. The van der Waals surface area contributed by atoms with Crippen LogP contribution >= 0.6 is 0 Å². The molecule has 5 heteroatoms. The Morgan fingerprint density at radius 2 is 2.03 bits per heavy atom. The molecule has 0 spiro atoms. The Bertz CT molecular complexity index is 863. The molecule has 0 radical (unpaired) electrons. The van der Waals surface area contributed by atoms with Crippen LogP contribution < -0.4 is 10.6 Å². The minimum atomic E-state index is -0.247. The molecule has 1 amide bonds. The minimum absolute atomic E-state index is 0.0602. The standard InChI is InChI=1S/C29H45BN2O2/c1-7-22-18-23-19-25(28(23,3)4)29(22,5)34-30(6)26(17-21-12-10-20(2)11-13-21)32-27(33)15-14-24-9-8-16-31-24/h7,10-13,22-26,31H,1,8-9,14-19H2,2-6H3,(H,32,33)/t22?,23?,24?,25?,26?,29-/m1/s1. The lowest BCUT2D eigenvalue weighted by molar-refractivity contribution is -0.204. The van der Waals surface area contributed by atoms with Gasteiger partial charge in [0.25, 0.3) is 0 Å². The Kier molecular flexibility index (Phi) is 7.64. The molecule has 1 aliphatic heterocycles. The lowest BCUT2D eigenvalue weighted by atomic mass is 9.41. The third-order valence-corrected chi connectivity index (χ3v) is 9.53. The molecule has 3 saturated carbocycles. The summed E-state index contributed by atoms with van der Waals surface area (Å²) in [7, 11) is 0. The molecule has 1 aromatic carbocycles. The molecule has 4 aliphatic rings. The van der Waals surface area contributed by atoms with Crippen LogP contribution in [0.4, 0.5) is 0 Å². The highest BCUT2D eigenvalue weighted by Crippen LogP contribution is 2.65. The SMILES string of the molecule is C=CC1CC2CC(C2(C)C)[C@]1(C)OB(C)C(Cc1ccc(C)cc1)NC(=O)CCC1CCCN1. The van der Waals surface area contributed by atoms with E-state index in [1.807, 2.05) is 0 Å². The highest BCUT2D eigenvalue weighted by molar-refractivity contribution is 6.52. The summed E-state index contributed by atoms with van der Waals surface area (Å²) in [4.78, 5) is 13.0. The van der Waals surface area contributed by atoms with Crippen molar-refractivity contribution in [3.05, 3.63) is 48.0 Å². The van der Waals surface area contributed by atoms with Crippen molar-refractivity contribution in [2.75, 3.05) is 6.54 Å². The van der Waals surface area contributed by atoms with Gasteiger partial charge >= 0.3 is 6.92 Å². The summed E-state index contributed by atoms with van der Waals surface area (Å²) in [5.74, 6) is 1.72. The van der Waals surface area contributed by atoms with Gasteiger partial charge in [0.15, 0.2) is 0 Å². The summed E-state index contributed by atoms with van der Waals surface area (Å²) in [6.45, 7) is 16.5. The second kappa shape index (κ2) is 10.2. The molecule has 3 aliphatic carbocycles. The number of hydrogen-bond donors (Lipinski definition) is 2. The topological polar surface area (TPSA) is 50.4 Å². The quantitative estimate of drug-likeness (QED) is 0.362. The van der Waals surface area contributed by atoms with E-state index in [1.165, 1.54) is 30.4 Å². The number of fused-ring (bicyclic) bond motifs is 2. The van der Waals surface area contributed by atoms with E-state index >= 15 is 0 Å². The van der Waals surface area contributed by atoms with Crippen LogP contribution in [0.1, 0.15) is 70.4 Å². The maximum atomic E-state index is 13.0. The maximum absolute atomic E-state index is 13.0. The molecular formula is C29H45BN2O2. The van der Waals surface area contributed by atoms with Crippen molar-refractivity contribution in [1.29, 1.82) is 0 Å². The van der Waals surface area contributed by atoms with Crippen molar-refractivity contribution >= 4 is 12.8 Å². The summed E-state index contributed by atoms with van der Waals surface area (Å²) < 4.78 is 7.01. The van der Waals surface area contributed by atoms with E-state index < -0.39 is 0 Å². The van der Waals surface area contributed by atoms with Crippen LogP contribution in [0.15, 0.2) is 36.9 Å². The summed E-state index contributed by atoms with van der Waals surface area (Å²) >= 11 is 0. The molecule has 1 saturated heterocycles.